The van der Waals surface area contributed by atoms with Gasteiger partial charge >= 0.3 is 0 Å². The molecule has 0 N–H and O–H groups in total. The molecule has 8 atom stereocenters. The molecule has 0 aromatic carbocycles. The molecular weight excluding hydrogens is 310 g/mol. The molecule has 2 nitrogen and oxygen atoms in total. The van der Waals surface area contributed by atoms with Crippen LogP contribution in [0.25, 0.3) is 0 Å². The Labute approximate surface area is 150 Å². The highest BCUT2D eigenvalue weighted by atomic mass is 28.3. The topological polar surface area (TPSA) is 12.5 Å². The van der Waals surface area contributed by atoms with Crippen molar-refractivity contribution >= 4 is 8.07 Å². The predicted octanol–water partition coefficient (Wildman–Crippen LogP) is 4.80. The Hall–Kier alpha value is 0.137. The summed E-state index contributed by atoms with van der Waals surface area (Å²) in [6.07, 6.45) is 12.0. The molecule has 138 valence electrons. The van der Waals surface area contributed by atoms with Crippen molar-refractivity contribution in [2.75, 3.05) is 13.3 Å². The van der Waals surface area contributed by atoms with Gasteiger partial charge in [-0.3, -0.25) is 4.90 Å². The third-order valence-electron chi connectivity index (χ3n) is 8.10. The summed E-state index contributed by atoms with van der Waals surface area (Å²) >= 11 is 0. The van der Waals surface area contributed by atoms with Gasteiger partial charge in [-0.05, 0) is 67.9 Å². The third kappa shape index (κ3) is 2.83. The Bertz CT molecular complexity index is 461. The van der Waals surface area contributed by atoms with Crippen molar-refractivity contribution in [2.24, 2.45) is 29.6 Å². The average molecular weight is 350 g/mol. The van der Waals surface area contributed by atoms with Gasteiger partial charge in [-0.1, -0.05) is 39.4 Å². The van der Waals surface area contributed by atoms with Gasteiger partial charge in [0.05, 0.1) is 14.2 Å². The number of fused-ring (bicyclic) bond motifs is 5. The maximum atomic E-state index is 5.83. The maximum absolute atomic E-state index is 5.83. The first-order valence-electron chi connectivity index (χ1n) is 10.7. The molecule has 4 rings (SSSR count). The number of hydrogen-bond acceptors (Lipinski definition) is 2. The quantitative estimate of drug-likeness (QED) is 0.678. The summed E-state index contributed by atoms with van der Waals surface area (Å²) in [6, 6.07) is 1.80. The molecule has 4 fully saturated rings. The summed E-state index contributed by atoms with van der Waals surface area (Å²) in [5.74, 6) is 4.89. The van der Waals surface area contributed by atoms with E-state index in [2.05, 4.69) is 31.5 Å². The molecule has 0 spiro atoms. The second-order valence-corrected chi connectivity index (χ2v) is 16.1. The van der Waals surface area contributed by atoms with Crippen LogP contribution in [0.3, 0.4) is 0 Å². The largest absolute Gasteiger partial charge is 0.381 e. The van der Waals surface area contributed by atoms with E-state index in [0.717, 1.165) is 41.7 Å². The van der Waals surface area contributed by atoms with Crippen LogP contribution < -0.4 is 0 Å². The minimum absolute atomic E-state index is 0.536. The minimum Gasteiger partial charge on any atom is -0.381 e. The van der Waals surface area contributed by atoms with Crippen LogP contribution in [0.5, 0.6) is 0 Å². The monoisotopic (exact) mass is 349 g/mol. The van der Waals surface area contributed by atoms with Crippen molar-refractivity contribution < 1.29 is 4.74 Å². The van der Waals surface area contributed by atoms with Crippen molar-refractivity contribution in [1.82, 2.24) is 4.90 Å². The highest BCUT2D eigenvalue weighted by molar-refractivity contribution is 6.76. The SMILES string of the molecule is COC1CCC2C(C1)C1C(C)C3CCCCC3C1N2C[Si](C)(C)C. The Morgan fingerprint density at radius 1 is 0.958 bits per heavy atom. The second kappa shape index (κ2) is 6.39. The average Bonchev–Trinajstić information content (AvgIpc) is 3.01. The van der Waals surface area contributed by atoms with Gasteiger partial charge in [0.15, 0.2) is 0 Å². The van der Waals surface area contributed by atoms with E-state index in [4.69, 9.17) is 4.74 Å². The summed E-state index contributed by atoms with van der Waals surface area (Å²) in [5.41, 5.74) is 0. The van der Waals surface area contributed by atoms with E-state index in [-0.39, 0.29) is 0 Å². The number of ether oxygens (including phenoxy) is 1. The summed E-state index contributed by atoms with van der Waals surface area (Å²) in [5, 5.41) is 0. The zero-order valence-corrected chi connectivity index (χ0v) is 17.6. The lowest BCUT2D eigenvalue weighted by atomic mass is 9.72. The molecule has 24 heavy (non-hydrogen) atoms. The summed E-state index contributed by atoms with van der Waals surface area (Å²) in [7, 11) is 0.872. The number of hydrogen-bond donors (Lipinski definition) is 0. The highest BCUT2D eigenvalue weighted by Gasteiger charge is 2.61. The van der Waals surface area contributed by atoms with Crippen LogP contribution in [0.15, 0.2) is 0 Å². The third-order valence-corrected chi connectivity index (χ3v) is 9.41. The fourth-order valence-corrected chi connectivity index (χ4v) is 8.98. The molecule has 1 heterocycles. The van der Waals surface area contributed by atoms with E-state index in [9.17, 15) is 0 Å². The standard InChI is InChI=1S/C21H39NOSi/c1-14-16-8-6-7-9-17(16)21-20(14)18-12-15(23-2)10-11-19(18)22(21)13-24(3,4)5/h14-21H,6-13H2,1-5H3. The van der Waals surface area contributed by atoms with Gasteiger partial charge in [-0.2, -0.15) is 0 Å². The second-order valence-electron chi connectivity index (χ2n) is 10.7. The smallest absolute Gasteiger partial charge is 0.0599 e. The van der Waals surface area contributed by atoms with E-state index >= 15 is 0 Å². The first kappa shape index (κ1) is 17.5. The van der Waals surface area contributed by atoms with E-state index in [1.165, 1.54) is 51.1 Å². The zero-order valence-electron chi connectivity index (χ0n) is 16.6. The van der Waals surface area contributed by atoms with Crippen molar-refractivity contribution in [3.05, 3.63) is 0 Å². The van der Waals surface area contributed by atoms with Gasteiger partial charge in [0.2, 0.25) is 0 Å². The van der Waals surface area contributed by atoms with Crippen LogP contribution in [0, 0.1) is 29.6 Å². The lowest BCUT2D eigenvalue weighted by Gasteiger charge is -2.43. The number of methoxy groups -OCH3 is 1. The molecule has 0 aromatic heterocycles. The number of nitrogens with zero attached hydrogens (tertiary/aromatic N) is 1. The van der Waals surface area contributed by atoms with Crippen molar-refractivity contribution in [3.8, 4) is 0 Å². The lowest BCUT2D eigenvalue weighted by molar-refractivity contribution is 0.0156. The van der Waals surface area contributed by atoms with Crippen LogP contribution >= 0.6 is 0 Å². The van der Waals surface area contributed by atoms with Crippen LogP contribution in [-0.4, -0.2) is 44.4 Å². The molecule has 3 saturated carbocycles. The number of rotatable bonds is 3. The molecule has 1 aliphatic heterocycles. The van der Waals surface area contributed by atoms with Gasteiger partial charge < -0.3 is 4.74 Å². The molecule has 0 bridgehead atoms. The van der Waals surface area contributed by atoms with Gasteiger partial charge in [0, 0.05) is 19.2 Å². The fraction of sp³-hybridized carbons (Fsp3) is 1.00. The van der Waals surface area contributed by atoms with Crippen molar-refractivity contribution in [3.63, 3.8) is 0 Å². The van der Waals surface area contributed by atoms with Crippen LogP contribution in [0.4, 0.5) is 0 Å². The summed E-state index contributed by atoms with van der Waals surface area (Å²) in [4.78, 5) is 3.10. The first-order chi connectivity index (χ1) is 11.4. The molecule has 0 aromatic rings. The van der Waals surface area contributed by atoms with Crippen LogP contribution in [0.2, 0.25) is 19.6 Å². The Morgan fingerprint density at radius 2 is 1.67 bits per heavy atom. The van der Waals surface area contributed by atoms with Crippen LogP contribution in [-0.2, 0) is 4.74 Å². The highest BCUT2D eigenvalue weighted by Crippen LogP contribution is 2.60. The predicted molar refractivity (Wildman–Crippen MR) is 104 cm³/mol. The Balaban J connectivity index is 1.66. The normalized spacial score (nSPS) is 48.9. The Kier molecular flexibility index (Phi) is 4.67. The molecule has 0 radical (unpaired) electrons. The van der Waals surface area contributed by atoms with Gasteiger partial charge in [0.1, 0.15) is 0 Å². The zero-order chi connectivity index (χ0) is 17.1. The number of likely N-dealkylation sites (tertiary alicyclic amines) is 1. The first-order valence-corrected chi connectivity index (χ1v) is 14.4. The molecular formula is C21H39NOSi. The van der Waals surface area contributed by atoms with Crippen molar-refractivity contribution in [2.45, 2.75) is 89.7 Å². The van der Waals surface area contributed by atoms with E-state index in [0.29, 0.717) is 6.10 Å². The van der Waals surface area contributed by atoms with Gasteiger partial charge in [-0.15, -0.1) is 0 Å². The van der Waals surface area contributed by atoms with Crippen molar-refractivity contribution in [1.29, 1.82) is 0 Å². The summed E-state index contributed by atoms with van der Waals surface area (Å²) in [6.45, 7) is 10.4. The Morgan fingerprint density at radius 3 is 2.33 bits per heavy atom. The van der Waals surface area contributed by atoms with E-state index < -0.39 is 8.07 Å². The van der Waals surface area contributed by atoms with Gasteiger partial charge in [0.25, 0.3) is 0 Å². The van der Waals surface area contributed by atoms with Crippen LogP contribution in [0.1, 0.15) is 51.9 Å². The maximum Gasteiger partial charge on any atom is 0.0599 e. The molecule has 3 heteroatoms. The molecule has 3 aliphatic carbocycles. The van der Waals surface area contributed by atoms with E-state index in [1.807, 2.05) is 7.11 Å². The molecule has 0 amide bonds. The fourth-order valence-electron chi connectivity index (χ4n) is 7.44. The molecule has 1 saturated heterocycles. The minimum atomic E-state index is -1.07. The molecule has 8 unspecified atom stereocenters. The lowest BCUT2D eigenvalue weighted by Crippen LogP contribution is -2.51. The van der Waals surface area contributed by atoms with E-state index in [1.54, 1.807) is 0 Å². The summed E-state index contributed by atoms with van der Waals surface area (Å²) < 4.78 is 5.83. The van der Waals surface area contributed by atoms with Gasteiger partial charge in [-0.25, -0.2) is 0 Å². The molecule has 4 aliphatic rings.